The Hall–Kier alpha value is -0.980. The standard InChI is InChI=1S/C10H18N4O2/c1(10-12-9-16-13-10)2-11-3-4-14-5-7-15-8-6-14/h9,11H,1-8H2. The van der Waals surface area contributed by atoms with Gasteiger partial charge in [0.15, 0.2) is 5.82 Å². The first-order chi connectivity index (χ1) is 7.95. The van der Waals surface area contributed by atoms with Crippen molar-refractivity contribution >= 4 is 0 Å². The Balaban J connectivity index is 1.48. The van der Waals surface area contributed by atoms with E-state index < -0.39 is 0 Å². The summed E-state index contributed by atoms with van der Waals surface area (Å²) in [7, 11) is 0. The van der Waals surface area contributed by atoms with E-state index in [9.17, 15) is 0 Å². The second-order valence-electron chi connectivity index (χ2n) is 3.80. The zero-order valence-corrected chi connectivity index (χ0v) is 9.39. The normalized spacial score (nSPS) is 17.8. The molecule has 6 heteroatoms. The fourth-order valence-corrected chi connectivity index (χ4v) is 1.69. The van der Waals surface area contributed by atoms with Gasteiger partial charge in [-0.3, -0.25) is 4.90 Å². The van der Waals surface area contributed by atoms with Gasteiger partial charge in [-0.05, 0) is 0 Å². The number of rotatable bonds is 6. The highest BCUT2D eigenvalue weighted by Crippen LogP contribution is 1.94. The van der Waals surface area contributed by atoms with Gasteiger partial charge in [-0.15, -0.1) is 0 Å². The molecule has 1 aliphatic heterocycles. The van der Waals surface area contributed by atoms with Gasteiger partial charge in [-0.2, -0.15) is 4.98 Å². The fourth-order valence-electron chi connectivity index (χ4n) is 1.69. The van der Waals surface area contributed by atoms with Crippen LogP contribution in [0.3, 0.4) is 0 Å². The molecule has 1 aliphatic rings. The minimum atomic E-state index is 0.763. The number of hydrogen-bond donors (Lipinski definition) is 1. The van der Waals surface area contributed by atoms with E-state index in [1.54, 1.807) is 0 Å². The lowest BCUT2D eigenvalue weighted by Gasteiger charge is -2.26. The van der Waals surface area contributed by atoms with Crippen molar-refractivity contribution in [3.63, 3.8) is 0 Å². The summed E-state index contributed by atoms with van der Waals surface area (Å²) in [5.41, 5.74) is 0. The van der Waals surface area contributed by atoms with Crippen molar-refractivity contribution in [1.82, 2.24) is 20.4 Å². The van der Waals surface area contributed by atoms with Gasteiger partial charge in [0.05, 0.1) is 13.2 Å². The van der Waals surface area contributed by atoms with Gasteiger partial charge in [-0.25, -0.2) is 0 Å². The minimum absolute atomic E-state index is 0.763. The molecule has 90 valence electrons. The van der Waals surface area contributed by atoms with Crippen LogP contribution in [-0.4, -0.2) is 61.0 Å². The Labute approximate surface area is 95.0 Å². The maximum Gasteiger partial charge on any atom is 0.213 e. The molecule has 0 bridgehead atoms. The molecule has 1 aromatic heterocycles. The quantitative estimate of drug-likeness (QED) is 0.662. The molecule has 0 spiro atoms. The van der Waals surface area contributed by atoms with E-state index in [0.717, 1.165) is 58.2 Å². The number of ether oxygens (including phenoxy) is 1. The van der Waals surface area contributed by atoms with Crippen LogP contribution in [-0.2, 0) is 11.2 Å². The molecular weight excluding hydrogens is 208 g/mol. The third-order valence-electron chi connectivity index (χ3n) is 2.64. The molecular formula is C10H18N4O2. The van der Waals surface area contributed by atoms with Crippen LogP contribution in [0.5, 0.6) is 0 Å². The molecule has 0 atom stereocenters. The summed E-state index contributed by atoms with van der Waals surface area (Å²) in [6.45, 7) is 6.79. The molecule has 1 saturated heterocycles. The van der Waals surface area contributed by atoms with Gasteiger partial charge in [0, 0.05) is 39.1 Å². The average molecular weight is 226 g/mol. The highest BCUT2D eigenvalue weighted by Gasteiger charge is 2.08. The van der Waals surface area contributed by atoms with Crippen LogP contribution in [0.4, 0.5) is 0 Å². The highest BCUT2D eigenvalue weighted by molar-refractivity contribution is 4.78. The fraction of sp³-hybridized carbons (Fsp3) is 0.800. The molecule has 1 N–H and O–H groups in total. The lowest BCUT2D eigenvalue weighted by atomic mass is 10.4. The molecule has 1 aromatic rings. The summed E-state index contributed by atoms with van der Waals surface area (Å²) in [6.07, 6.45) is 2.18. The first-order valence-corrected chi connectivity index (χ1v) is 5.71. The van der Waals surface area contributed by atoms with Gasteiger partial charge in [0.25, 0.3) is 0 Å². The summed E-state index contributed by atoms with van der Waals surface area (Å²) < 4.78 is 9.94. The van der Waals surface area contributed by atoms with Gasteiger partial charge in [-0.1, -0.05) is 5.16 Å². The van der Waals surface area contributed by atoms with Crippen molar-refractivity contribution in [2.45, 2.75) is 6.42 Å². The van der Waals surface area contributed by atoms with Crippen LogP contribution in [0.25, 0.3) is 0 Å². The minimum Gasteiger partial charge on any atom is -0.379 e. The molecule has 2 rings (SSSR count). The van der Waals surface area contributed by atoms with Gasteiger partial charge >= 0.3 is 0 Å². The molecule has 1 fully saturated rings. The van der Waals surface area contributed by atoms with Crippen LogP contribution in [0.2, 0.25) is 0 Å². The van der Waals surface area contributed by atoms with Gasteiger partial charge in [0.2, 0.25) is 6.39 Å². The van der Waals surface area contributed by atoms with E-state index in [2.05, 4.69) is 24.9 Å². The van der Waals surface area contributed by atoms with Crippen molar-refractivity contribution in [3.8, 4) is 0 Å². The Morgan fingerprint density at radius 2 is 2.19 bits per heavy atom. The van der Waals surface area contributed by atoms with Gasteiger partial charge < -0.3 is 14.6 Å². The Kier molecular flexibility index (Phi) is 4.72. The first-order valence-electron chi connectivity index (χ1n) is 5.71. The topological polar surface area (TPSA) is 63.4 Å². The first kappa shape index (κ1) is 11.5. The van der Waals surface area contributed by atoms with E-state index >= 15 is 0 Å². The molecule has 0 saturated carbocycles. The maximum atomic E-state index is 5.29. The molecule has 0 radical (unpaired) electrons. The summed E-state index contributed by atoms with van der Waals surface area (Å²) >= 11 is 0. The second-order valence-corrected chi connectivity index (χ2v) is 3.80. The lowest BCUT2D eigenvalue weighted by Crippen LogP contribution is -2.40. The van der Waals surface area contributed by atoms with E-state index in [-0.39, 0.29) is 0 Å². The lowest BCUT2D eigenvalue weighted by molar-refractivity contribution is 0.0384. The summed E-state index contributed by atoms with van der Waals surface area (Å²) in [6, 6.07) is 0. The molecule has 0 amide bonds. The predicted molar refractivity (Wildman–Crippen MR) is 58.1 cm³/mol. The van der Waals surface area contributed by atoms with Crippen LogP contribution in [0.1, 0.15) is 5.82 Å². The smallest absolute Gasteiger partial charge is 0.213 e. The Morgan fingerprint density at radius 3 is 2.94 bits per heavy atom. The van der Waals surface area contributed by atoms with Crippen molar-refractivity contribution in [1.29, 1.82) is 0 Å². The van der Waals surface area contributed by atoms with Crippen molar-refractivity contribution in [2.24, 2.45) is 0 Å². The number of hydrogen-bond acceptors (Lipinski definition) is 6. The van der Waals surface area contributed by atoms with E-state index in [0.29, 0.717) is 0 Å². The number of aromatic nitrogens is 2. The zero-order valence-electron chi connectivity index (χ0n) is 9.39. The average Bonchev–Trinajstić information content (AvgIpc) is 2.83. The Bertz CT molecular complexity index is 272. The largest absolute Gasteiger partial charge is 0.379 e. The monoisotopic (exact) mass is 226 g/mol. The highest BCUT2D eigenvalue weighted by atomic mass is 16.5. The van der Waals surface area contributed by atoms with Crippen LogP contribution in [0, 0.1) is 0 Å². The summed E-state index contributed by atoms with van der Waals surface area (Å²) in [5, 5.41) is 7.12. The molecule has 0 aromatic carbocycles. The van der Waals surface area contributed by atoms with Crippen LogP contribution in [0.15, 0.2) is 10.9 Å². The number of morpholine rings is 1. The zero-order chi connectivity index (χ0) is 11.1. The number of nitrogens with zero attached hydrogens (tertiary/aromatic N) is 3. The van der Waals surface area contributed by atoms with E-state index in [1.165, 1.54) is 6.39 Å². The van der Waals surface area contributed by atoms with Crippen LogP contribution >= 0.6 is 0 Å². The molecule has 0 unspecified atom stereocenters. The van der Waals surface area contributed by atoms with Crippen molar-refractivity contribution in [3.05, 3.63) is 12.2 Å². The predicted octanol–water partition coefficient (Wildman–Crippen LogP) is -0.466. The summed E-state index contributed by atoms with van der Waals surface area (Å²) in [4.78, 5) is 6.37. The van der Waals surface area contributed by atoms with Crippen LogP contribution < -0.4 is 5.32 Å². The number of nitrogens with one attached hydrogen (secondary N) is 1. The Morgan fingerprint density at radius 1 is 1.31 bits per heavy atom. The molecule has 16 heavy (non-hydrogen) atoms. The third kappa shape index (κ3) is 3.88. The van der Waals surface area contributed by atoms with Crippen molar-refractivity contribution < 1.29 is 9.26 Å². The van der Waals surface area contributed by atoms with Gasteiger partial charge in [0.1, 0.15) is 0 Å². The molecule has 6 nitrogen and oxygen atoms in total. The van der Waals surface area contributed by atoms with Crippen molar-refractivity contribution in [2.75, 3.05) is 45.9 Å². The second kappa shape index (κ2) is 6.57. The molecule has 2 heterocycles. The van der Waals surface area contributed by atoms with E-state index in [1.807, 2.05) is 0 Å². The third-order valence-corrected chi connectivity index (χ3v) is 2.64. The SMILES string of the molecule is c1nc(CCNCCN2CCOCC2)no1. The molecule has 0 aliphatic carbocycles. The maximum absolute atomic E-state index is 5.29. The van der Waals surface area contributed by atoms with E-state index in [4.69, 9.17) is 4.74 Å². The summed E-state index contributed by atoms with van der Waals surface area (Å²) in [5.74, 6) is 0.763.